The number of nitrogens with zero attached hydrogens (tertiary/aromatic N) is 1. The molecule has 3 rings (SSSR count). The lowest BCUT2D eigenvalue weighted by Crippen LogP contribution is -2.46. The van der Waals surface area contributed by atoms with Gasteiger partial charge in [-0.2, -0.15) is 0 Å². The lowest BCUT2D eigenvalue weighted by Gasteiger charge is -2.44. The van der Waals surface area contributed by atoms with Gasteiger partial charge < -0.3 is 19.8 Å². The SMILES string of the molecule is CN1Cc2cc(OCCO)ccc2C(C2(O)CCCCC2)C1. The molecule has 4 nitrogen and oxygen atoms in total. The molecule has 22 heavy (non-hydrogen) atoms. The Morgan fingerprint density at radius 2 is 2.05 bits per heavy atom. The molecular formula is C18H27NO3. The van der Waals surface area contributed by atoms with E-state index in [9.17, 15) is 5.11 Å². The van der Waals surface area contributed by atoms with Gasteiger partial charge in [-0.3, -0.25) is 0 Å². The Labute approximate surface area is 132 Å². The molecular weight excluding hydrogens is 278 g/mol. The molecule has 0 spiro atoms. The van der Waals surface area contributed by atoms with E-state index in [4.69, 9.17) is 9.84 Å². The fourth-order valence-corrected chi connectivity index (χ4v) is 4.05. The minimum Gasteiger partial charge on any atom is -0.491 e. The Kier molecular flexibility index (Phi) is 4.71. The molecule has 0 amide bonds. The van der Waals surface area contributed by atoms with Crippen LogP contribution in [0.1, 0.15) is 49.1 Å². The predicted molar refractivity (Wildman–Crippen MR) is 86.1 cm³/mol. The highest BCUT2D eigenvalue weighted by Crippen LogP contribution is 2.44. The van der Waals surface area contributed by atoms with E-state index in [0.717, 1.165) is 44.5 Å². The summed E-state index contributed by atoms with van der Waals surface area (Å²) < 4.78 is 5.53. The summed E-state index contributed by atoms with van der Waals surface area (Å²) in [5, 5.41) is 20.1. The second-order valence-corrected chi connectivity index (χ2v) is 6.85. The van der Waals surface area contributed by atoms with Gasteiger partial charge in [-0.1, -0.05) is 25.3 Å². The summed E-state index contributed by atoms with van der Waals surface area (Å²) in [6.07, 6.45) is 5.32. The molecule has 0 radical (unpaired) electrons. The molecule has 2 aliphatic rings. The van der Waals surface area contributed by atoms with Gasteiger partial charge in [0.1, 0.15) is 12.4 Å². The number of aliphatic hydroxyl groups is 2. The number of hydrogen-bond donors (Lipinski definition) is 2. The predicted octanol–water partition coefficient (Wildman–Crippen LogP) is 2.28. The topological polar surface area (TPSA) is 52.9 Å². The van der Waals surface area contributed by atoms with E-state index in [1.165, 1.54) is 17.5 Å². The largest absolute Gasteiger partial charge is 0.491 e. The maximum Gasteiger partial charge on any atom is 0.119 e. The summed E-state index contributed by atoms with van der Waals surface area (Å²) in [5.74, 6) is 0.992. The summed E-state index contributed by atoms with van der Waals surface area (Å²) in [6, 6.07) is 6.16. The van der Waals surface area contributed by atoms with Gasteiger partial charge in [0.15, 0.2) is 0 Å². The normalized spacial score (nSPS) is 24.8. The zero-order valence-corrected chi connectivity index (χ0v) is 13.4. The smallest absolute Gasteiger partial charge is 0.119 e. The van der Waals surface area contributed by atoms with E-state index in [2.05, 4.69) is 24.1 Å². The lowest BCUT2D eigenvalue weighted by atomic mass is 9.70. The summed E-state index contributed by atoms with van der Waals surface area (Å²) in [6.45, 7) is 2.15. The van der Waals surface area contributed by atoms with Gasteiger partial charge in [0.05, 0.1) is 12.2 Å². The van der Waals surface area contributed by atoms with Crippen LogP contribution in [0.15, 0.2) is 18.2 Å². The highest BCUT2D eigenvalue weighted by molar-refractivity contribution is 5.41. The highest BCUT2D eigenvalue weighted by atomic mass is 16.5. The molecule has 2 N–H and O–H groups in total. The van der Waals surface area contributed by atoms with Gasteiger partial charge in [0, 0.05) is 19.0 Å². The van der Waals surface area contributed by atoms with E-state index in [0.29, 0.717) is 6.61 Å². The number of ether oxygens (including phenoxy) is 1. The van der Waals surface area contributed by atoms with Crippen LogP contribution in [-0.2, 0) is 6.54 Å². The number of rotatable bonds is 4. The summed E-state index contributed by atoms with van der Waals surface area (Å²) >= 11 is 0. The maximum atomic E-state index is 11.2. The molecule has 0 saturated heterocycles. The van der Waals surface area contributed by atoms with Crippen molar-refractivity contribution < 1.29 is 14.9 Å². The van der Waals surface area contributed by atoms with Crippen molar-refractivity contribution in [1.82, 2.24) is 4.90 Å². The molecule has 1 heterocycles. The first-order valence-corrected chi connectivity index (χ1v) is 8.40. The van der Waals surface area contributed by atoms with Crippen LogP contribution in [0.25, 0.3) is 0 Å². The van der Waals surface area contributed by atoms with E-state index in [-0.39, 0.29) is 12.5 Å². The van der Waals surface area contributed by atoms with Crippen molar-refractivity contribution in [2.75, 3.05) is 26.8 Å². The fourth-order valence-electron chi connectivity index (χ4n) is 4.05. The fraction of sp³-hybridized carbons (Fsp3) is 0.667. The lowest BCUT2D eigenvalue weighted by molar-refractivity contribution is -0.0333. The van der Waals surface area contributed by atoms with Gasteiger partial charge in [-0.15, -0.1) is 0 Å². The monoisotopic (exact) mass is 305 g/mol. The number of benzene rings is 1. The number of likely N-dealkylation sites (N-methyl/N-ethyl adjacent to an activating group) is 1. The minimum atomic E-state index is -0.560. The first-order chi connectivity index (χ1) is 10.6. The van der Waals surface area contributed by atoms with Crippen molar-refractivity contribution in [2.45, 2.75) is 50.2 Å². The van der Waals surface area contributed by atoms with Crippen LogP contribution in [0.5, 0.6) is 5.75 Å². The molecule has 1 aliphatic carbocycles. The van der Waals surface area contributed by atoms with Gasteiger partial charge in [0.2, 0.25) is 0 Å². The zero-order chi connectivity index (χ0) is 15.6. The Balaban J connectivity index is 1.88. The van der Waals surface area contributed by atoms with Gasteiger partial charge in [-0.05, 0) is 43.1 Å². The van der Waals surface area contributed by atoms with E-state index in [1.807, 2.05) is 6.07 Å². The molecule has 1 aromatic rings. The molecule has 1 aromatic carbocycles. The zero-order valence-electron chi connectivity index (χ0n) is 13.4. The Hall–Kier alpha value is -1.10. The molecule has 4 heteroatoms. The van der Waals surface area contributed by atoms with Gasteiger partial charge >= 0.3 is 0 Å². The van der Waals surface area contributed by atoms with Crippen LogP contribution in [0, 0.1) is 0 Å². The molecule has 0 aromatic heterocycles. The van der Waals surface area contributed by atoms with Crippen LogP contribution in [-0.4, -0.2) is 47.5 Å². The van der Waals surface area contributed by atoms with E-state index in [1.54, 1.807) is 0 Å². The van der Waals surface area contributed by atoms with Gasteiger partial charge in [-0.25, -0.2) is 0 Å². The summed E-state index contributed by atoms with van der Waals surface area (Å²) in [4.78, 5) is 2.29. The van der Waals surface area contributed by atoms with Crippen molar-refractivity contribution >= 4 is 0 Å². The first kappa shape index (κ1) is 15.8. The summed E-state index contributed by atoms with van der Waals surface area (Å²) in [7, 11) is 2.11. The highest BCUT2D eigenvalue weighted by Gasteiger charge is 2.41. The van der Waals surface area contributed by atoms with Gasteiger partial charge in [0.25, 0.3) is 0 Å². The summed E-state index contributed by atoms with van der Waals surface area (Å²) in [5.41, 5.74) is 1.96. The van der Waals surface area contributed by atoms with Crippen LogP contribution in [0.3, 0.4) is 0 Å². The molecule has 122 valence electrons. The van der Waals surface area contributed by atoms with Crippen LogP contribution < -0.4 is 4.74 Å². The second kappa shape index (κ2) is 6.57. The second-order valence-electron chi connectivity index (χ2n) is 6.85. The molecule has 1 unspecified atom stereocenters. The molecule has 1 aliphatic heterocycles. The number of fused-ring (bicyclic) bond motifs is 1. The quantitative estimate of drug-likeness (QED) is 0.896. The first-order valence-electron chi connectivity index (χ1n) is 8.40. The third-order valence-electron chi connectivity index (χ3n) is 5.15. The van der Waals surface area contributed by atoms with Crippen molar-refractivity contribution in [3.63, 3.8) is 0 Å². The van der Waals surface area contributed by atoms with Crippen LogP contribution in [0.4, 0.5) is 0 Å². The Bertz CT molecular complexity index is 511. The minimum absolute atomic E-state index is 0.0271. The number of hydrogen-bond acceptors (Lipinski definition) is 4. The molecule has 1 fully saturated rings. The van der Waals surface area contributed by atoms with Crippen LogP contribution in [0.2, 0.25) is 0 Å². The molecule has 0 bridgehead atoms. The van der Waals surface area contributed by atoms with Crippen molar-refractivity contribution in [1.29, 1.82) is 0 Å². The third kappa shape index (κ3) is 3.14. The number of aliphatic hydroxyl groups excluding tert-OH is 1. The van der Waals surface area contributed by atoms with Crippen molar-refractivity contribution in [2.24, 2.45) is 0 Å². The van der Waals surface area contributed by atoms with E-state index < -0.39 is 5.60 Å². The molecule has 1 saturated carbocycles. The third-order valence-corrected chi connectivity index (χ3v) is 5.15. The maximum absolute atomic E-state index is 11.2. The van der Waals surface area contributed by atoms with Crippen LogP contribution >= 0.6 is 0 Å². The molecule has 1 atom stereocenters. The Morgan fingerprint density at radius 1 is 1.27 bits per heavy atom. The standard InChI is InChI=1S/C18H27NO3/c1-19-12-14-11-15(22-10-9-20)5-6-16(14)17(13-19)18(21)7-3-2-4-8-18/h5-6,11,17,20-21H,2-4,7-10,12-13H2,1H3. The van der Waals surface area contributed by atoms with E-state index >= 15 is 0 Å². The Morgan fingerprint density at radius 3 is 2.77 bits per heavy atom. The van der Waals surface area contributed by atoms with Crippen molar-refractivity contribution in [3.05, 3.63) is 29.3 Å². The average molecular weight is 305 g/mol. The average Bonchev–Trinajstić information content (AvgIpc) is 2.52. The van der Waals surface area contributed by atoms with Crippen molar-refractivity contribution in [3.8, 4) is 5.75 Å².